The third-order valence-corrected chi connectivity index (χ3v) is 4.88. The molecule has 1 aliphatic carbocycles. The van der Waals surface area contributed by atoms with Gasteiger partial charge in [0.05, 0.1) is 21.6 Å². The fourth-order valence-corrected chi connectivity index (χ4v) is 3.63. The van der Waals surface area contributed by atoms with E-state index in [1.54, 1.807) is 0 Å². The van der Waals surface area contributed by atoms with Gasteiger partial charge in [-0.1, -0.05) is 13.8 Å². The van der Waals surface area contributed by atoms with E-state index in [0.717, 1.165) is 34.1 Å². The van der Waals surface area contributed by atoms with Crippen molar-refractivity contribution < 1.29 is 4.74 Å². The van der Waals surface area contributed by atoms with Crippen LogP contribution >= 0.6 is 31.9 Å². The van der Waals surface area contributed by atoms with Gasteiger partial charge in [0.15, 0.2) is 0 Å². The molecule has 1 aromatic rings. The van der Waals surface area contributed by atoms with Crippen molar-refractivity contribution in [3.05, 3.63) is 26.6 Å². The van der Waals surface area contributed by atoms with Crippen LogP contribution in [0.25, 0.3) is 0 Å². The Balaban J connectivity index is 2.02. The minimum absolute atomic E-state index is 0.0888. The maximum absolute atomic E-state index is 8.86. The lowest BCUT2D eigenvalue weighted by Gasteiger charge is -2.17. The smallest absolute Gasteiger partial charge is 0.147 e. The van der Waals surface area contributed by atoms with Crippen molar-refractivity contribution in [2.24, 2.45) is 5.41 Å². The van der Waals surface area contributed by atoms with E-state index < -0.39 is 0 Å². The molecule has 1 aromatic carbocycles. The van der Waals surface area contributed by atoms with Crippen LogP contribution in [0.3, 0.4) is 0 Å². The molecule has 2 rings (SSSR count). The van der Waals surface area contributed by atoms with E-state index in [1.807, 2.05) is 0 Å². The molecule has 3 nitrogen and oxygen atoms in total. The molecule has 21 heavy (non-hydrogen) atoms. The van der Waals surface area contributed by atoms with E-state index in [9.17, 15) is 0 Å². The van der Waals surface area contributed by atoms with Crippen molar-refractivity contribution in [2.45, 2.75) is 45.7 Å². The van der Waals surface area contributed by atoms with Crippen LogP contribution in [-0.2, 0) is 6.54 Å². The lowest BCUT2D eigenvalue weighted by Crippen LogP contribution is -2.21. The second-order valence-corrected chi connectivity index (χ2v) is 7.76. The number of nitriles is 1. The van der Waals surface area contributed by atoms with Gasteiger partial charge >= 0.3 is 0 Å². The second kappa shape index (κ2) is 7.13. The predicted octanol–water partition coefficient (Wildman–Crippen LogP) is 4.78. The molecule has 0 radical (unpaired) electrons. The lowest BCUT2D eigenvalue weighted by atomic mass is 10.1. The summed E-state index contributed by atoms with van der Waals surface area (Å²) in [5.41, 5.74) is 1.29. The number of hydrogen-bond donors (Lipinski definition) is 1. The summed E-state index contributed by atoms with van der Waals surface area (Å²) in [6.45, 7) is 5.70. The zero-order chi connectivity index (χ0) is 15.5. The van der Waals surface area contributed by atoms with Crippen LogP contribution in [0.4, 0.5) is 0 Å². The standard InChI is InChI=1S/C16H20Br2N2O/c1-11(2)20-9-12-7-13(17)15(14(18)8-12)21-10-16(3-4-16)5-6-19/h7-8,11,20H,3-5,9-10H2,1-2H3. The Kier molecular flexibility index (Phi) is 5.70. The van der Waals surface area contributed by atoms with E-state index in [4.69, 9.17) is 10.00 Å². The minimum Gasteiger partial charge on any atom is -0.491 e. The fourth-order valence-electron chi connectivity index (χ4n) is 2.12. The molecule has 0 unspecified atom stereocenters. The molecule has 1 fully saturated rings. The summed E-state index contributed by atoms with van der Waals surface area (Å²) in [7, 11) is 0. The Morgan fingerprint density at radius 1 is 1.33 bits per heavy atom. The van der Waals surface area contributed by atoms with E-state index in [0.29, 0.717) is 19.1 Å². The quantitative estimate of drug-likeness (QED) is 0.696. The van der Waals surface area contributed by atoms with Crippen molar-refractivity contribution in [3.8, 4) is 11.8 Å². The molecule has 0 amide bonds. The minimum atomic E-state index is 0.0888. The highest BCUT2D eigenvalue weighted by Crippen LogP contribution is 2.49. The Morgan fingerprint density at radius 3 is 2.43 bits per heavy atom. The van der Waals surface area contributed by atoms with Gasteiger partial charge in [0.2, 0.25) is 0 Å². The Hall–Kier alpha value is -0.570. The first-order chi connectivity index (χ1) is 9.96. The topological polar surface area (TPSA) is 45.0 Å². The van der Waals surface area contributed by atoms with E-state index >= 15 is 0 Å². The molecule has 5 heteroatoms. The summed E-state index contributed by atoms with van der Waals surface area (Å²) in [6, 6.07) is 6.88. The molecule has 0 bridgehead atoms. The summed E-state index contributed by atoms with van der Waals surface area (Å²) in [6.07, 6.45) is 2.76. The lowest BCUT2D eigenvalue weighted by molar-refractivity contribution is 0.234. The van der Waals surface area contributed by atoms with Crippen LogP contribution in [0.2, 0.25) is 0 Å². The summed E-state index contributed by atoms with van der Waals surface area (Å²) in [5, 5.41) is 12.3. The number of halogens is 2. The third-order valence-electron chi connectivity index (χ3n) is 3.71. The molecular weight excluding hydrogens is 396 g/mol. The zero-order valence-corrected chi connectivity index (χ0v) is 15.6. The number of benzene rings is 1. The van der Waals surface area contributed by atoms with Crippen molar-refractivity contribution in [1.29, 1.82) is 5.26 Å². The predicted molar refractivity (Wildman–Crippen MR) is 91.2 cm³/mol. The number of nitrogens with zero attached hydrogens (tertiary/aromatic N) is 1. The van der Waals surface area contributed by atoms with Gasteiger partial charge in [-0.15, -0.1) is 0 Å². The number of rotatable bonds is 7. The van der Waals surface area contributed by atoms with Crippen LogP contribution in [-0.4, -0.2) is 12.6 Å². The Bertz CT molecular complexity index is 525. The number of ether oxygens (including phenoxy) is 1. The van der Waals surface area contributed by atoms with E-state index in [1.165, 1.54) is 5.56 Å². The summed E-state index contributed by atoms with van der Waals surface area (Å²) in [5.74, 6) is 0.826. The first-order valence-corrected chi connectivity index (χ1v) is 8.75. The molecule has 1 N–H and O–H groups in total. The molecule has 0 heterocycles. The van der Waals surface area contributed by atoms with E-state index in [2.05, 4.69) is 69.2 Å². The maximum atomic E-state index is 8.86. The van der Waals surface area contributed by atoms with Gasteiger partial charge in [0.25, 0.3) is 0 Å². The monoisotopic (exact) mass is 414 g/mol. The number of hydrogen-bond acceptors (Lipinski definition) is 3. The largest absolute Gasteiger partial charge is 0.491 e. The maximum Gasteiger partial charge on any atom is 0.147 e. The zero-order valence-electron chi connectivity index (χ0n) is 12.4. The molecule has 1 saturated carbocycles. The molecule has 0 aliphatic heterocycles. The van der Waals surface area contributed by atoms with Crippen molar-refractivity contribution in [2.75, 3.05) is 6.61 Å². The molecule has 114 valence electrons. The first-order valence-electron chi connectivity index (χ1n) is 7.17. The van der Waals surface area contributed by atoms with Gasteiger partial charge in [-0.2, -0.15) is 5.26 Å². The average molecular weight is 416 g/mol. The van der Waals surface area contributed by atoms with Crippen LogP contribution in [0.5, 0.6) is 5.75 Å². The molecule has 0 atom stereocenters. The van der Waals surface area contributed by atoms with Crippen LogP contribution in [0.1, 0.15) is 38.7 Å². The van der Waals surface area contributed by atoms with Gasteiger partial charge < -0.3 is 10.1 Å². The van der Waals surface area contributed by atoms with Crippen LogP contribution in [0, 0.1) is 16.7 Å². The highest BCUT2D eigenvalue weighted by Gasteiger charge is 2.43. The van der Waals surface area contributed by atoms with Gasteiger partial charge in [0.1, 0.15) is 5.75 Å². The number of nitrogens with one attached hydrogen (secondary N) is 1. The van der Waals surface area contributed by atoms with Gasteiger partial charge in [-0.25, -0.2) is 0 Å². The molecule has 0 saturated heterocycles. The van der Waals surface area contributed by atoms with E-state index in [-0.39, 0.29) is 5.41 Å². The fraction of sp³-hybridized carbons (Fsp3) is 0.562. The van der Waals surface area contributed by atoms with Gasteiger partial charge in [-0.05, 0) is 62.4 Å². The molecule has 0 spiro atoms. The summed E-state index contributed by atoms with van der Waals surface area (Å²) >= 11 is 7.17. The van der Waals surface area contributed by atoms with Crippen molar-refractivity contribution >= 4 is 31.9 Å². The van der Waals surface area contributed by atoms with Crippen LogP contribution in [0.15, 0.2) is 21.1 Å². The SMILES string of the molecule is CC(C)NCc1cc(Br)c(OCC2(CC#N)CC2)c(Br)c1. The highest BCUT2D eigenvalue weighted by molar-refractivity contribution is 9.11. The third kappa shape index (κ3) is 4.70. The Morgan fingerprint density at radius 2 is 1.95 bits per heavy atom. The normalized spacial score (nSPS) is 15.8. The summed E-state index contributed by atoms with van der Waals surface area (Å²) in [4.78, 5) is 0. The highest BCUT2D eigenvalue weighted by atomic mass is 79.9. The Labute approximate surface area is 143 Å². The van der Waals surface area contributed by atoms with Crippen molar-refractivity contribution in [3.63, 3.8) is 0 Å². The van der Waals surface area contributed by atoms with Crippen molar-refractivity contribution in [1.82, 2.24) is 5.32 Å². The van der Waals surface area contributed by atoms with Gasteiger partial charge in [-0.3, -0.25) is 0 Å². The summed E-state index contributed by atoms with van der Waals surface area (Å²) < 4.78 is 7.86. The molecule has 0 aromatic heterocycles. The molecular formula is C16H20Br2N2O. The second-order valence-electron chi connectivity index (χ2n) is 6.05. The average Bonchev–Trinajstić information content (AvgIpc) is 3.16. The van der Waals surface area contributed by atoms with Gasteiger partial charge in [0, 0.05) is 24.4 Å². The van der Waals surface area contributed by atoms with Crippen LogP contribution < -0.4 is 10.1 Å². The molecule has 1 aliphatic rings. The first kappa shape index (κ1) is 16.8.